The molecule has 0 saturated carbocycles. The van der Waals surface area contributed by atoms with Crippen LogP contribution in [0, 0.1) is 4.84 Å². The molecule has 0 N–H and O–H groups in total. The highest BCUT2D eigenvalue weighted by Crippen LogP contribution is 2.35. The topological polar surface area (TPSA) is 52.7 Å². The van der Waals surface area contributed by atoms with Crippen molar-refractivity contribution in [1.29, 1.82) is 0 Å². The molecular weight excluding hydrogens is 374 g/mol. The van der Waals surface area contributed by atoms with Crippen LogP contribution >= 0.6 is 12.2 Å². The van der Waals surface area contributed by atoms with Crippen molar-refractivity contribution in [3.05, 3.63) is 58.4 Å². The van der Waals surface area contributed by atoms with Crippen molar-refractivity contribution >= 4 is 12.2 Å². The molecule has 1 aliphatic carbocycles. The standard InChI is InChI=1S/C21H23N3O3S/c1-23(19-9-8-14-6-4-5-7-18(14)19)13-24-21(28)27-20(22-24)15-10-16(25-2)12-17(11-15)26-3/h4-7,10-12,19H,8-9,13H2,1-3H3. The lowest BCUT2D eigenvalue weighted by atomic mass is 10.1. The summed E-state index contributed by atoms with van der Waals surface area (Å²) < 4.78 is 18.1. The summed E-state index contributed by atoms with van der Waals surface area (Å²) in [7, 11) is 5.32. The van der Waals surface area contributed by atoms with Crippen molar-refractivity contribution < 1.29 is 13.9 Å². The Balaban J connectivity index is 1.58. The van der Waals surface area contributed by atoms with Crippen LogP contribution in [0.25, 0.3) is 11.5 Å². The summed E-state index contributed by atoms with van der Waals surface area (Å²) in [6, 6.07) is 14.5. The number of fused-ring (bicyclic) bond motifs is 1. The summed E-state index contributed by atoms with van der Waals surface area (Å²) in [5, 5.41) is 4.59. The zero-order valence-electron chi connectivity index (χ0n) is 16.2. The Labute approximate surface area is 169 Å². The molecule has 1 aromatic heterocycles. The molecule has 3 aromatic rings. The van der Waals surface area contributed by atoms with E-state index in [4.69, 9.17) is 26.1 Å². The van der Waals surface area contributed by atoms with Crippen molar-refractivity contribution in [2.75, 3.05) is 21.3 Å². The number of methoxy groups -OCH3 is 2. The lowest BCUT2D eigenvalue weighted by Gasteiger charge is -2.24. The molecule has 7 heteroatoms. The van der Waals surface area contributed by atoms with Gasteiger partial charge in [-0.25, -0.2) is 4.68 Å². The van der Waals surface area contributed by atoms with Crippen LogP contribution in [0.15, 0.2) is 46.9 Å². The van der Waals surface area contributed by atoms with E-state index in [0.717, 1.165) is 18.4 Å². The Kier molecular flexibility index (Phi) is 5.19. The summed E-state index contributed by atoms with van der Waals surface area (Å²) in [6.07, 6.45) is 2.20. The van der Waals surface area contributed by atoms with Crippen LogP contribution in [-0.4, -0.2) is 35.9 Å². The van der Waals surface area contributed by atoms with Crippen molar-refractivity contribution in [2.24, 2.45) is 0 Å². The Morgan fingerprint density at radius 1 is 1.18 bits per heavy atom. The second kappa shape index (κ2) is 7.77. The van der Waals surface area contributed by atoms with Gasteiger partial charge in [-0.3, -0.25) is 4.90 Å². The number of ether oxygens (including phenoxy) is 2. The van der Waals surface area contributed by atoms with Crippen LogP contribution < -0.4 is 9.47 Å². The van der Waals surface area contributed by atoms with E-state index in [-0.39, 0.29) is 0 Å². The van der Waals surface area contributed by atoms with Gasteiger partial charge in [0.05, 0.1) is 20.9 Å². The van der Waals surface area contributed by atoms with Gasteiger partial charge in [-0.1, -0.05) is 24.3 Å². The van der Waals surface area contributed by atoms with Gasteiger partial charge >= 0.3 is 0 Å². The van der Waals surface area contributed by atoms with Gasteiger partial charge in [0.15, 0.2) is 0 Å². The molecule has 0 aliphatic heterocycles. The number of aryl methyl sites for hydroxylation is 1. The summed E-state index contributed by atoms with van der Waals surface area (Å²) in [5.74, 6) is 1.79. The molecule has 0 bridgehead atoms. The van der Waals surface area contributed by atoms with Gasteiger partial charge in [0.25, 0.3) is 4.84 Å². The highest BCUT2D eigenvalue weighted by molar-refractivity contribution is 7.71. The molecule has 2 aromatic carbocycles. The summed E-state index contributed by atoms with van der Waals surface area (Å²) in [6.45, 7) is 0.558. The van der Waals surface area contributed by atoms with Gasteiger partial charge in [-0.2, -0.15) is 0 Å². The van der Waals surface area contributed by atoms with E-state index in [0.29, 0.717) is 34.9 Å². The first-order valence-corrected chi connectivity index (χ1v) is 9.59. The van der Waals surface area contributed by atoms with Crippen LogP contribution in [0.1, 0.15) is 23.6 Å². The van der Waals surface area contributed by atoms with Crippen LogP contribution in [0.5, 0.6) is 11.5 Å². The summed E-state index contributed by atoms with van der Waals surface area (Å²) >= 11 is 5.41. The molecular formula is C21H23N3O3S. The molecule has 1 heterocycles. The molecule has 0 saturated heterocycles. The molecule has 0 fully saturated rings. The maximum atomic E-state index is 5.76. The highest BCUT2D eigenvalue weighted by atomic mass is 32.1. The fraction of sp³-hybridized carbons (Fsp3) is 0.333. The van der Waals surface area contributed by atoms with Crippen molar-refractivity contribution in [3.8, 4) is 23.0 Å². The van der Waals surface area contributed by atoms with E-state index in [1.54, 1.807) is 25.0 Å². The van der Waals surface area contributed by atoms with Gasteiger partial charge in [0, 0.05) is 17.7 Å². The summed E-state index contributed by atoms with van der Waals surface area (Å²) in [5.41, 5.74) is 3.57. The first kappa shape index (κ1) is 18.7. The minimum absolute atomic E-state index is 0.343. The van der Waals surface area contributed by atoms with Crippen molar-refractivity contribution in [3.63, 3.8) is 0 Å². The van der Waals surface area contributed by atoms with E-state index in [1.807, 2.05) is 12.1 Å². The lowest BCUT2D eigenvalue weighted by molar-refractivity contribution is 0.180. The SMILES string of the molecule is COc1cc(OC)cc(-c2nn(CN(C)C3CCc4ccccc43)c(=S)o2)c1. The quantitative estimate of drug-likeness (QED) is 0.572. The van der Waals surface area contributed by atoms with Crippen LogP contribution in [0.2, 0.25) is 0 Å². The second-order valence-electron chi connectivity index (χ2n) is 6.93. The Morgan fingerprint density at radius 3 is 2.61 bits per heavy atom. The third kappa shape index (κ3) is 3.55. The average Bonchev–Trinajstić information content (AvgIpc) is 3.31. The van der Waals surface area contributed by atoms with E-state index in [1.165, 1.54) is 11.1 Å². The van der Waals surface area contributed by atoms with E-state index >= 15 is 0 Å². The van der Waals surface area contributed by atoms with Crippen LogP contribution in [-0.2, 0) is 13.1 Å². The van der Waals surface area contributed by atoms with Crippen LogP contribution in [0.3, 0.4) is 0 Å². The zero-order chi connectivity index (χ0) is 19.7. The maximum Gasteiger partial charge on any atom is 0.288 e. The molecule has 28 heavy (non-hydrogen) atoms. The molecule has 146 valence electrons. The van der Waals surface area contributed by atoms with Gasteiger partial charge in [0.2, 0.25) is 5.89 Å². The molecule has 4 rings (SSSR count). The maximum absolute atomic E-state index is 5.76. The molecule has 1 unspecified atom stereocenters. The predicted molar refractivity (Wildman–Crippen MR) is 109 cm³/mol. The molecule has 6 nitrogen and oxygen atoms in total. The Hall–Kier alpha value is -2.64. The first-order chi connectivity index (χ1) is 13.6. The largest absolute Gasteiger partial charge is 0.497 e. The monoisotopic (exact) mass is 397 g/mol. The Bertz CT molecular complexity index is 1020. The normalized spacial score (nSPS) is 15.6. The van der Waals surface area contributed by atoms with Gasteiger partial charge in [0.1, 0.15) is 11.5 Å². The van der Waals surface area contributed by atoms with E-state index < -0.39 is 0 Å². The average molecular weight is 398 g/mol. The van der Waals surface area contributed by atoms with Gasteiger partial charge < -0.3 is 13.9 Å². The lowest BCUT2D eigenvalue weighted by Crippen LogP contribution is -2.26. The number of benzene rings is 2. The second-order valence-corrected chi connectivity index (χ2v) is 7.27. The number of rotatable bonds is 6. The Morgan fingerprint density at radius 2 is 1.89 bits per heavy atom. The third-order valence-corrected chi connectivity index (χ3v) is 5.49. The fourth-order valence-corrected chi connectivity index (χ4v) is 3.92. The highest BCUT2D eigenvalue weighted by Gasteiger charge is 2.26. The van der Waals surface area contributed by atoms with Gasteiger partial charge in [-0.05, 0) is 55.4 Å². The summed E-state index contributed by atoms with van der Waals surface area (Å²) in [4.78, 5) is 2.61. The van der Waals surface area contributed by atoms with Crippen LogP contribution in [0.4, 0.5) is 0 Å². The van der Waals surface area contributed by atoms with E-state index in [2.05, 4.69) is 41.3 Å². The fourth-order valence-electron chi connectivity index (χ4n) is 3.75. The molecule has 0 spiro atoms. The smallest absolute Gasteiger partial charge is 0.288 e. The predicted octanol–water partition coefficient (Wildman–Crippen LogP) is 4.47. The number of aromatic nitrogens is 2. The van der Waals surface area contributed by atoms with Crippen molar-refractivity contribution in [2.45, 2.75) is 25.6 Å². The number of hydrogen-bond acceptors (Lipinski definition) is 6. The van der Waals surface area contributed by atoms with E-state index in [9.17, 15) is 0 Å². The van der Waals surface area contributed by atoms with Crippen molar-refractivity contribution in [1.82, 2.24) is 14.7 Å². The molecule has 0 radical (unpaired) electrons. The minimum atomic E-state index is 0.343. The molecule has 1 aliphatic rings. The zero-order valence-corrected chi connectivity index (χ0v) is 17.0. The molecule has 0 amide bonds. The van der Waals surface area contributed by atoms with Gasteiger partial charge in [-0.15, -0.1) is 5.10 Å². The minimum Gasteiger partial charge on any atom is -0.497 e. The third-order valence-electron chi connectivity index (χ3n) is 5.19. The first-order valence-electron chi connectivity index (χ1n) is 9.18. The number of hydrogen-bond donors (Lipinski definition) is 0. The molecule has 1 atom stereocenters. The number of nitrogens with zero attached hydrogens (tertiary/aromatic N) is 3.